The molecule has 0 radical (unpaired) electrons. The van der Waals surface area contributed by atoms with Crippen molar-refractivity contribution < 1.29 is 14.7 Å². The van der Waals surface area contributed by atoms with E-state index in [-0.39, 0.29) is 17.8 Å². The van der Waals surface area contributed by atoms with Crippen LogP contribution in [0.4, 0.5) is 10.5 Å². The minimum Gasteiger partial charge on any atom is -0.477 e. The summed E-state index contributed by atoms with van der Waals surface area (Å²) >= 11 is 1.64. The minimum atomic E-state index is -1.10. The number of nitrogens with one attached hydrogen (secondary N) is 2. The van der Waals surface area contributed by atoms with Gasteiger partial charge in [-0.25, -0.2) is 14.6 Å². The summed E-state index contributed by atoms with van der Waals surface area (Å²) in [6, 6.07) is 2.56. The fourth-order valence-corrected chi connectivity index (χ4v) is 1.86. The van der Waals surface area contributed by atoms with E-state index in [9.17, 15) is 9.59 Å². The van der Waals surface area contributed by atoms with Crippen molar-refractivity contribution in [1.29, 1.82) is 0 Å². The van der Waals surface area contributed by atoms with Crippen LogP contribution in [0.5, 0.6) is 0 Å². The van der Waals surface area contributed by atoms with Crippen LogP contribution >= 0.6 is 11.8 Å². The molecule has 0 saturated heterocycles. The van der Waals surface area contributed by atoms with Gasteiger partial charge < -0.3 is 15.7 Å². The minimum absolute atomic E-state index is 0.0586. The van der Waals surface area contributed by atoms with Gasteiger partial charge in [0.25, 0.3) is 0 Å². The number of carbonyl (C=O) groups excluding carboxylic acids is 1. The monoisotopic (exact) mass is 269 g/mol. The van der Waals surface area contributed by atoms with Crippen LogP contribution < -0.4 is 10.6 Å². The van der Waals surface area contributed by atoms with E-state index in [2.05, 4.69) is 15.6 Å². The Bertz CT molecular complexity index is 422. The van der Waals surface area contributed by atoms with E-state index in [0.717, 1.165) is 5.75 Å². The van der Waals surface area contributed by atoms with Gasteiger partial charge in [-0.1, -0.05) is 0 Å². The lowest BCUT2D eigenvalue weighted by molar-refractivity contribution is 0.0690. The van der Waals surface area contributed by atoms with E-state index >= 15 is 0 Å². The molecule has 7 heteroatoms. The van der Waals surface area contributed by atoms with Crippen LogP contribution in [0.1, 0.15) is 17.4 Å². The molecule has 1 atom stereocenters. The molecular weight excluding hydrogens is 254 g/mol. The Hall–Kier alpha value is -1.76. The largest absolute Gasteiger partial charge is 0.477 e. The number of pyridine rings is 1. The van der Waals surface area contributed by atoms with Crippen LogP contribution in [0.25, 0.3) is 0 Å². The molecule has 1 unspecified atom stereocenters. The lowest BCUT2D eigenvalue weighted by atomic mass is 10.3. The van der Waals surface area contributed by atoms with Crippen LogP contribution in [0, 0.1) is 0 Å². The molecule has 0 aliphatic carbocycles. The van der Waals surface area contributed by atoms with Gasteiger partial charge in [-0.15, -0.1) is 0 Å². The first-order chi connectivity index (χ1) is 8.52. The highest BCUT2D eigenvalue weighted by atomic mass is 32.2. The molecule has 6 nitrogen and oxygen atoms in total. The molecular formula is C11H15N3O3S. The summed E-state index contributed by atoms with van der Waals surface area (Å²) in [5.41, 5.74) is 0.394. The topological polar surface area (TPSA) is 91.3 Å². The van der Waals surface area contributed by atoms with Crippen LogP contribution in [0.15, 0.2) is 18.3 Å². The van der Waals surface area contributed by atoms with Crippen molar-refractivity contribution in [3.8, 4) is 0 Å². The molecule has 18 heavy (non-hydrogen) atoms. The number of hydrogen-bond acceptors (Lipinski definition) is 4. The first-order valence-electron chi connectivity index (χ1n) is 5.28. The molecule has 0 aromatic carbocycles. The number of anilines is 1. The Morgan fingerprint density at radius 1 is 1.50 bits per heavy atom. The number of rotatable bonds is 5. The molecule has 0 aliphatic heterocycles. The molecule has 98 valence electrons. The van der Waals surface area contributed by atoms with Gasteiger partial charge in [-0.3, -0.25) is 0 Å². The quantitative estimate of drug-likeness (QED) is 0.756. The summed E-state index contributed by atoms with van der Waals surface area (Å²) in [6.45, 7) is 1.90. The van der Waals surface area contributed by atoms with E-state index in [0.29, 0.717) is 5.69 Å². The fourth-order valence-electron chi connectivity index (χ4n) is 1.28. The average molecular weight is 269 g/mol. The van der Waals surface area contributed by atoms with Gasteiger partial charge in [0.1, 0.15) is 5.69 Å². The molecule has 2 amide bonds. The lowest BCUT2D eigenvalue weighted by Gasteiger charge is -2.13. The normalized spacial score (nSPS) is 11.7. The molecule has 0 saturated carbocycles. The van der Waals surface area contributed by atoms with Crippen molar-refractivity contribution in [2.24, 2.45) is 0 Å². The standard InChI is InChI=1S/C11H15N3O3S/c1-7(6-18-2)13-11(17)14-8-3-4-9(10(15)16)12-5-8/h3-5,7H,6H2,1-2H3,(H,15,16)(H2,13,14,17). The fraction of sp³-hybridized carbons (Fsp3) is 0.364. The highest BCUT2D eigenvalue weighted by Gasteiger charge is 2.08. The number of carboxylic acids is 1. The van der Waals surface area contributed by atoms with E-state index in [1.807, 2.05) is 13.2 Å². The number of urea groups is 1. The molecule has 1 rings (SSSR count). The summed E-state index contributed by atoms with van der Waals surface area (Å²) < 4.78 is 0. The third-order valence-electron chi connectivity index (χ3n) is 2.03. The molecule has 1 aromatic heterocycles. The second-order valence-electron chi connectivity index (χ2n) is 3.69. The van der Waals surface area contributed by atoms with Crippen molar-refractivity contribution in [3.63, 3.8) is 0 Å². The van der Waals surface area contributed by atoms with Crippen molar-refractivity contribution in [2.45, 2.75) is 13.0 Å². The number of carbonyl (C=O) groups is 2. The van der Waals surface area contributed by atoms with E-state index in [1.165, 1.54) is 18.3 Å². The van der Waals surface area contributed by atoms with Gasteiger partial charge in [-0.05, 0) is 25.3 Å². The number of amides is 2. The summed E-state index contributed by atoms with van der Waals surface area (Å²) in [5.74, 6) is -0.275. The maximum Gasteiger partial charge on any atom is 0.354 e. The molecule has 0 bridgehead atoms. The second kappa shape index (κ2) is 6.85. The molecule has 3 N–H and O–H groups in total. The van der Waals surface area contributed by atoms with Gasteiger partial charge in [0.05, 0.1) is 11.9 Å². The molecule has 0 aliphatic rings. The van der Waals surface area contributed by atoms with Crippen LogP contribution in [-0.4, -0.2) is 40.1 Å². The summed E-state index contributed by atoms with van der Waals surface area (Å²) in [5, 5.41) is 14.0. The molecule has 0 fully saturated rings. The molecule has 1 aromatic rings. The van der Waals surface area contributed by atoms with Crippen molar-refractivity contribution >= 4 is 29.4 Å². The zero-order chi connectivity index (χ0) is 13.5. The maximum atomic E-state index is 11.5. The van der Waals surface area contributed by atoms with Crippen molar-refractivity contribution in [3.05, 3.63) is 24.0 Å². The Morgan fingerprint density at radius 3 is 2.72 bits per heavy atom. The summed E-state index contributed by atoms with van der Waals surface area (Å²) in [7, 11) is 0. The van der Waals surface area contributed by atoms with Crippen molar-refractivity contribution in [1.82, 2.24) is 10.3 Å². The van der Waals surface area contributed by atoms with Gasteiger partial charge in [-0.2, -0.15) is 11.8 Å². The number of carboxylic acid groups (broad SMARTS) is 1. The third-order valence-corrected chi connectivity index (χ3v) is 2.87. The Labute approximate surface area is 109 Å². The highest BCUT2D eigenvalue weighted by molar-refractivity contribution is 7.98. The third kappa shape index (κ3) is 4.62. The zero-order valence-electron chi connectivity index (χ0n) is 10.1. The van der Waals surface area contributed by atoms with Gasteiger partial charge in [0.2, 0.25) is 0 Å². The predicted molar refractivity (Wildman–Crippen MR) is 71.2 cm³/mol. The van der Waals surface area contributed by atoms with E-state index < -0.39 is 5.97 Å². The molecule has 0 spiro atoms. The number of aromatic carboxylic acids is 1. The van der Waals surface area contributed by atoms with Crippen LogP contribution in [0.3, 0.4) is 0 Å². The predicted octanol–water partition coefficient (Wildman–Crippen LogP) is 1.65. The Morgan fingerprint density at radius 2 is 2.22 bits per heavy atom. The lowest BCUT2D eigenvalue weighted by Crippen LogP contribution is -2.37. The SMILES string of the molecule is CSCC(C)NC(=O)Nc1ccc(C(=O)O)nc1. The van der Waals surface area contributed by atoms with Crippen LogP contribution in [0.2, 0.25) is 0 Å². The second-order valence-corrected chi connectivity index (χ2v) is 4.60. The van der Waals surface area contributed by atoms with E-state index in [4.69, 9.17) is 5.11 Å². The van der Waals surface area contributed by atoms with Crippen molar-refractivity contribution in [2.75, 3.05) is 17.3 Å². The summed E-state index contributed by atoms with van der Waals surface area (Å²) in [6.07, 6.45) is 3.27. The molecule has 1 heterocycles. The van der Waals surface area contributed by atoms with E-state index in [1.54, 1.807) is 11.8 Å². The smallest absolute Gasteiger partial charge is 0.354 e. The zero-order valence-corrected chi connectivity index (χ0v) is 11.0. The maximum absolute atomic E-state index is 11.5. The summed E-state index contributed by atoms with van der Waals surface area (Å²) in [4.78, 5) is 25.8. The van der Waals surface area contributed by atoms with Gasteiger partial charge in [0, 0.05) is 11.8 Å². The van der Waals surface area contributed by atoms with Crippen LogP contribution in [-0.2, 0) is 0 Å². The first-order valence-corrected chi connectivity index (χ1v) is 6.68. The number of hydrogen-bond donors (Lipinski definition) is 3. The van der Waals surface area contributed by atoms with Gasteiger partial charge >= 0.3 is 12.0 Å². The number of aromatic nitrogens is 1. The highest BCUT2D eigenvalue weighted by Crippen LogP contribution is 2.06. The number of thioether (sulfide) groups is 1. The average Bonchev–Trinajstić information content (AvgIpc) is 2.29. The Kier molecular flexibility index (Phi) is 5.44. The first kappa shape index (κ1) is 14.3. The van der Waals surface area contributed by atoms with Gasteiger partial charge in [0.15, 0.2) is 0 Å². The Balaban J connectivity index is 2.51. The number of nitrogens with zero attached hydrogens (tertiary/aromatic N) is 1.